The number of halogens is 1. The maximum absolute atomic E-state index is 13.9. The summed E-state index contributed by atoms with van der Waals surface area (Å²) in [5, 5.41) is 0. The summed E-state index contributed by atoms with van der Waals surface area (Å²) in [6.45, 7) is 0. The predicted molar refractivity (Wildman–Crippen MR) is 79.5 cm³/mol. The second-order valence-corrected chi connectivity index (χ2v) is 5.40. The van der Waals surface area contributed by atoms with Crippen LogP contribution >= 0.6 is 0 Å². The smallest absolute Gasteiger partial charge is 0.170 e. The molecule has 2 aromatic rings. The Labute approximate surface area is 123 Å². The van der Waals surface area contributed by atoms with Gasteiger partial charge in [-0.2, -0.15) is 0 Å². The fourth-order valence-corrected chi connectivity index (χ4v) is 2.86. The Balaban J connectivity index is 1.80. The Hall–Kier alpha value is -2.16. The average Bonchev–Trinajstić information content (AvgIpc) is 2.94. The van der Waals surface area contributed by atoms with E-state index in [0.717, 1.165) is 18.4 Å². The summed E-state index contributed by atoms with van der Waals surface area (Å²) in [4.78, 5) is 12.3. The number of carbonyl (C=O) groups is 1. The molecule has 2 nitrogen and oxygen atoms in total. The summed E-state index contributed by atoms with van der Waals surface area (Å²) in [6, 6.07) is 10.5. The summed E-state index contributed by atoms with van der Waals surface area (Å²) >= 11 is 0. The van der Waals surface area contributed by atoms with Gasteiger partial charge >= 0.3 is 0 Å². The SMILES string of the molecule is COc1ccc(C(=O)Cc2ccc3c(c2)CCC3)c(F)c1. The highest BCUT2D eigenvalue weighted by Crippen LogP contribution is 2.24. The molecular formula is C18H17FO2. The average molecular weight is 284 g/mol. The van der Waals surface area contributed by atoms with Crippen molar-refractivity contribution < 1.29 is 13.9 Å². The highest BCUT2D eigenvalue weighted by molar-refractivity contribution is 5.97. The third-order valence-electron chi connectivity index (χ3n) is 4.00. The Morgan fingerprint density at radius 1 is 1.14 bits per heavy atom. The summed E-state index contributed by atoms with van der Waals surface area (Å²) < 4.78 is 18.9. The van der Waals surface area contributed by atoms with E-state index in [2.05, 4.69) is 12.1 Å². The van der Waals surface area contributed by atoms with Crippen molar-refractivity contribution in [2.75, 3.05) is 7.11 Å². The van der Waals surface area contributed by atoms with Gasteiger partial charge in [-0.3, -0.25) is 4.79 Å². The van der Waals surface area contributed by atoms with E-state index >= 15 is 0 Å². The van der Waals surface area contributed by atoms with Crippen molar-refractivity contribution in [1.82, 2.24) is 0 Å². The number of benzene rings is 2. The van der Waals surface area contributed by atoms with Crippen LogP contribution in [0.25, 0.3) is 0 Å². The zero-order chi connectivity index (χ0) is 14.8. The maximum atomic E-state index is 13.9. The van der Waals surface area contributed by atoms with Crippen molar-refractivity contribution in [2.45, 2.75) is 25.7 Å². The molecule has 0 bridgehead atoms. The molecule has 0 radical (unpaired) electrons. The van der Waals surface area contributed by atoms with Crippen LogP contribution in [0.1, 0.15) is 33.5 Å². The summed E-state index contributed by atoms with van der Waals surface area (Å²) in [7, 11) is 1.47. The van der Waals surface area contributed by atoms with Crippen LogP contribution in [0.3, 0.4) is 0 Å². The Morgan fingerprint density at radius 3 is 2.71 bits per heavy atom. The summed E-state index contributed by atoms with van der Waals surface area (Å²) in [6.07, 6.45) is 3.61. The minimum absolute atomic E-state index is 0.122. The number of ether oxygens (including phenoxy) is 1. The van der Waals surface area contributed by atoms with Gasteiger partial charge in [0.1, 0.15) is 11.6 Å². The number of methoxy groups -OCH3 is 1. The van der Waals surface area contributed by atoms with Gasteiger partial charge in [-0.15, -0.1) is 0 Å². The Morgan fingerprint density at radius 2 is 1.95 bits per heavy atom. The van der Waals surface area contributed by atoms with Crippen LogP contribution in [0.4, 0.5) is 4.39 Å². The molecule has 0 spiro atoms. The molecule has 0 aromatic heterocycles. The van der Waals surface area contributed by atoms with E-state index in [1.165, 1.54) is 36.8 Å². The number of hydrogen-bond acceptors (Lipinski definition) is 2. The van der Waals surface area contributed by atoms with Crippen LogP contribution in [0.2, 0.25) is 0 Å². The molecule has 0 saturated carbocycles. The summed E-state index contributed by atoms with van der Waals surface area (Å²) in [5.41, 5.74) is 3.78. The molecule has 3 heteroatoms. The molecule has 0 N–H and O–H groups in total. The van der Waals surface area contributed by atoms with Crippen LogP contribution in [0.15, 0.2) is 36.4 Å². The largest absolute Gasteiger partial charge is 0.497 e. The fraction of sp³-hybridized carbons (Fsp3) is 0.278. The minimum atomic E-state index is -0.527. The van der Waals surface area contributed by atoms with Gasteiger partial charge < -0.3 is 4.74 Å². The Kier molecular flexibility index (Phi) is 3.74. The lowest BCUT2D eigenvalue weighted by molar-refractivity contribution is 0.0989. The van der Waals surface area contributed by atoms with E-state index in [4.69, 9.17) is 4.74 Å². The topological polar surface area (TPSA) is 26.3 Å². The van der Waals surface area contributed by atoms with E-state index in [9.17, 15) is 9.18 Å². The third kappa shape index (κ3) is 2.82. The van der Waals surface area contributed by atoms with Crippen LogP contribution in [-0.2, 0) is 19.3 Å². The molecule has 1 aliphatic rings. The second kappa shape index (κ2) is 5.68. The number of aryl methyl sites for hydroxylation is 2. The van der Waals surface area contributed by atoms with Crippen molar-refractivity contribution in [3.63, 3.8) is 0 Å². The minimum Gasteiger partial charge on any atom is -0.497 e. The van der Waals surface area contributed by atoms with Gasteiger partial charge in [0, 0.05) is 12.5 Å². The van der Waals surface area contributed by atoms with Crippen molar-refractivity contribution in [2.24, 2.45) is 0 Å². The molecule has 0 heterocycles. The van der Waals surface area contributed by atoms with Crippen LogP contribution in [0, 0.1) is 5.82 Å². The van der Waals surface area contributed by atoms with Gasteiger partial charge in [-0.25, -0.2) is 4.39 Å². The molecule has 108 valence electrons. The lowest BCUT2D eigenvalue weighted by Gasteiger charge is -2.07. The first-order valence-electron chi connectivity index (χ1n) is 7.15. The van der Waals surface area contributed by atoms with Crippen molar-refractivity contribution in [3.8, 4) is 5.75 Å². The normalized spacial score (nSPS) is 13.0. The lowest BCUT2D eigenvalue weighted by atomic mass is 9.99. The molecule has 0 amide bonds. The van der Waals surface area contributed by atoms with E-state index in [1.807, 2.05) is 6.07 Å². The number of carbonyl (C=O) groups excluding carboxylic acids is 1. The van der Waals surface area contributed by atoms with E-state index < -0.39 is 5.82 Å². The van der Waals surface area contributed by atoms with Crippen LogP contribution in [0.5, 0.6) is 5.75 Å². The zero-order valence-electron chi connectivity index (χ0n) is 12.0. The Bertz CT molecular complexity index is 692. The van der Waals surface area contributed by atoms with Gasteiger partial charge in [0.15, 0.2) is 5.78 Å². The number of rotatable bonds is 4. The highest BCUT2D eigenvalue weighted by Gasteiger charge is 2.15. The third-order valence-corrected chi connectivity index (χ3v) is 4.00. The molecule has 0 atom stereocenters. The first kappa shape index (κ1) is 13.8. The second-order valence-electron chi connectivity index (χ2n) is 5.40. The zero-order valence-corrected chi connectivity index (χ0v) is 12.0. The first-order valence-corrected chi connectivity index (χ1v) is 7.15. The molecule has 2 aromatic carbocycles. The van der Waals surface area contributed by atoms with Gasteiger partial charge in [0.25, 0.3) is 0 Å². The fourth-order valence-electron chi connectivity index (χ4n) is 2.86. The summed E-state index contributed by atoms with van der Waals surface area (Å²) in [5.74, 6) is -0.310. The molecular weight excluding hydrogens is 267 g/mol. The highest BCUT2D eigenvalue weighted by atomic mass is 19.1. The molecule has 0 unspecified atom stereocenters. The standard InChI is InChI=1S/C18H17FO2/c1-21-15-7-8-16(17(19)11-15)18(20)10-12-5-6-13-3-2-4-14(13)9-12/h5-9,11H,2-4,10H2,1H3. The number of Topliss-reactive ketones (excluding diaryl/α,β-unsaturated/α-hetero) is 1. The molecule has 0 aliphatic heterocycles. The van der Waals surface area contributed by atoms with Crippen molar-refractivity contribution in [1.29, 1.82) is 0 Å². The maximum Gasteiger partial charge on any atom is 0.170 e. The molecule has 21 heavy (non-hydrogen) atoms. The first-order chi connectivity index (χ1) is 10.2. The van der Waals surface area contributed by atoms with Crippen LogP contribution in [-0.4, -0.2) is 12.9 Å². The van der Waals surface area contributed by atoms with E-state index in [1.54, 1.807) is 6.07 Å². The quantitative estimate of drug-likeness (QED) is 0.799. The van der Waals surface area contributed by atoms with Gasteiger partial charge in [0.05, 0.1) is 12.7 Å². The lowest BCUT2D eigenvalue weighted by Crippen LogP contribution is -2.06. The molecule has 0 fully saturated rings. The van der Waals surface area contributed by atoms with Crippen molar-refractivity contribution in [3.05, 3.63) is 64.5 Å². The molecule has 1 aliphatic carbocycles. The van der Waals surface area contributed by atoms with E-state index in [0.29, 0.717) is 5.75 Å². The number of hydrogen-bond donors (Lipinski definition) is 0. The number of ketones is 1. The van der Waals surface area contributed by atoms with E-state index in [-0.39, 0.29) is 17.8 Å². The van der Waals surface area contributed by atoms with Crippen molar-refractivity contribution >= 4 is 5.78 Å². The predicted octanol–water partition coefficient (Wildman–Crippen LogP) is 3.75. The van der Waals surface area contributed by atoms with Gasteiger partial charge in [-0.05, 0) is 48.1 Å². The molecule has 3 rings (SSSR count). The van der Waals surface area contributed by atoms with Crippen LogP contribution < -0.4 is 4.74 Å². The monoisotopic (exact) mass is 284 g/mol. The molecule has 0 saturated heterocycles. The van der Waals surface area contributed by atoms with Gasteiger partial charge in [0.2, 0.25) is 0 Å². The number of fused-ring (bicyclic) bond motifs is 1. The van der Waals surface area contributed by atoms with Gasteiger partial charge in [-0.1, -0.05) is 18.2 Å².